The van der Waals surface area contributed by atoms with Gasteiger partial charge in [0, 0.05) is 13.0 Å². The van der Waals surface area contributed by atoms with Crippen LogP contribution in [0.4, 0.5) is 5.69 Å². The second kappa shape index (κ2) is 3.61. The summed E-state index contributed by atoms with van der Waals surface area (Å²) in [6, 6.07) is 6.47. The summed E-state index contributed by atoms with van der Waals surface area (Å²) in [5, 5.41) is 10.4. The Kier molecular flexibility index (Phi) is 2.29. The minimum Gasteiger partial charge on any atom is -0.478 e. The number of benzene rings is 1. The summed E-state index contributed by atoms with van der Waals surface area (Å²) in [5.41, 5.74) is 3.55. The molecule has 0 radical (unpaired) electrons. The first-order valence-corrected chi connectivity index (χ1v) is 4.57. The molecule has 1 heterocycles. The zero-order valence-electron chi connectivity index (χ0n) is 7.93. The van der Waals surface area contributed by atoms with Gasteiger partial charge in [-0.25, -0.2) is 4.79 Å². The van der Waals surface area contributed by atoms with Crippen molar-refractivity contribution in [1.82, 2.24) is 5.43 Å². The van der Waals surface area contributed by atoms with Crippen molar-refractivity contribution in [2.75, 3.05) is 11.6 Å². The molecule has 0 unspecified atom stereocenters. The van der Waals surface area contributed by atoms with Crippen LogP contribution in [0.3, 0.4) is 0 Å². The zero-order chi connectivity index (χ0) is 10.8. The van der Waals surface area contributed by atoms with Crippen LogP contribution < -0.4 is 10.4 Å². The van der Waals surface area contributed by atoms with Crippen LogP contribution in [0.25, 0.3) is 0 Å². The largest absolute Gasteiger partial charge is 0.478 e. The molecule has 1 amide bonds. The number of carbonyl (C=O) groups is 2. The highest BCUT2D eigenvalue weighted by molar-refractivity contribution is 5.89. The SMILES string of the molecule is O=C1CCN(c2cccc(C(=O)O)c2)N1. The summed E-state index contributed by atoms with van der Waals surface area (Å²) in [5.74, 6) is -1.02. The van der Waals surface area contributed by atoms with Crippen LogP contribution >= 0.6 is 0 Å². The van der Waals surface area contributed by atoms with Crippen molar-refractivity contribution in [3.05, 3.63) is 29.8 Å². The molecule has 2 rings (SSSR count). The number of amides is 1. The monoisotopic (exact) mass is 206 g/mol. The minimum absolute atomic E-state index is 0.0456. The van der Waals surface area contributed by atoms with E-state index in [1.54, 1.807) is 17.1 Å². The average Bonchev–Trinajstić information content (AvgIpc) is 2.65. The number of nitrogens with one attached hydrogen (secondary N) is 1. The molecule has 5 heteroatoms. The Morgan fingerprint density at radius 2 is 2.27 bits per heavy atom. The van der Waals surface area contributed by atoms with E-state index in [2.05, 4.69) is 5.43 Å². The fourth-order valence-electron chi connectivity index (χ4n) is 1.48. The van der Waals surface area contributed by atoms with Crippen molar-refractivity contribution in [3.63, 3.8) is 0 Å². The first kappa shape index (κ1) is 9.51. The van der Waals surface area contributed by atoms with Crippen molar-refractivity contribution in [2.45, 2.75) is 6.42 Å². The second-order valence-electron chi connectivity index (χ2n) is 3.29. The molecule has 78 valence electrons. The molecule has 1 saturated heterocycles. The molecule has 0 spiro atoms. The molecule has 1 aromatic carbocycles. The third-order valence-corrected chi connectivity index (χ3v) is 2.23. The van der Waals surface area contributed by atoms with E-state index in [1.807, 2.05) is 0 Å². The van der Waals surface area contributed by atoms with Crippen LogP contribution in [0.5, 0.6) is 0 Å². The molecule has 2 N–H and O–H groups in total. The van der Waals surface area contributed by atoms with Gasteiger partial charge in [0.2, 0.25) is 5.91 Å². The summed E-state index contributed by atoms with van der Waals surface area (Å²) >= 11 is 0. The lowest BCUT2D eigenvalue weighted by Crippen LogP contribution is -2.32. The van der Waals surface area contributed by atoms with Crippen LogP contribution in [-0.2, 0) is 4.79 Å². The fourth-order valence-corrected chi connectivity index (χ4v) is 1.48. The Hall–Kier alpha value is -2.04. The summed E-state index contributed by atoms with van der Waals surface area (Å²) in [6.07, 6.45) is 0.442. The van der Waals surface area contributed by atoms with Crippen LogP contribution in [0.2, 0.25) is 0 Å². The van der Waals surface area contributed by atoms with Gasteiger partial charge in [-0.3, -0.25) is 15.2 Å². The van der Waals surface area contributed by atoms with E-state index in [9.17, 15) is 9.59 Å². The number of hydrogen-bond acceptors (Lipinski definition) is 3. The summed E-state index contributed by atoms with van der Waals surface area (Å²) in [4.78, 5) is 21.7. The number of carbonyl (C=O) groups excluding carboxylic acids is 1. The lowest BCUT2D eigenvalue weighted by Gasteiger charge is -2.17. The molecule has 0 aromatic heterocycles. The lowest BCUT2D eigenvalue weighted by atomic mass is 10.2. The molecule has 0 saturated carbocycles. The quantitative estimate of drug-likeness (QED) is 0.744. The van der Waals surface area contributed by atoms with Crippen molar-refractivity contribution in [3.8, 4) is 0 Å². The van der Waals surface area contributed by atoms with E-state index in [0.717, 1.165) is 0 Å². The van der Waals surface area contributed by atoms with E-state index in [1.165, 1.54) is 12.1 Å². The van der Waals surface area contributed by atoms with Gasteiger partial charge in [-0.15, -0.1) is 0 Å². The standard InChI is InChI=1S/C10H10N2O3/c13-9-4-5-12(11-9)8-3-1-2-7(6-8)10(14)15/h1-3,6H,4-5H2,(H,11,13)(H,14,15). The van der Waals surface area contributed by atoms with Gasteiger partial charge in [-0.05, 0) is 18.2 Å². The van der Waals surface area contributed by atoms with Crippen LogP contribution in [0, 0.1) is 0 Å². The Morgan fingerprint density at radius 1 is 1.47 bits per heavy atom. The average molecular weight is 206 g/mol. The summed E-state index contributed by atoms with van der Waals surface area (Å²) in [6.45, 7) is 0.571. The number of hydrogen-bond donors (Lipinski definition) is 2. The molecule has 1 aliphatic rings. The molecular formula is C10H10N2O3. The van der Waals surface area contributed by atoms with Crippen LogP contribution in [-0.4, -0.2) is 23.5 Å². The normalized spacial score (nSPS) is 15.2. The zero-order valence-corrected chi connectivity index (χ0v) is 7.93. The number of rotatable bonds is 2. The van der Waals surface area contributed by atoms with Gasteiger partial charge in [0.15, 0.2) is 0 Å². The number of nitrogens with zero attached hydrogens (tertiary/aromatic N) is 1. The minimum atomic E-state index is -0.970. The van der Waals surface area contributed by atoms with Crippen molar-refractivity contribution in [1.29, 1.82) is 0 Å². The number of aromatic carboxylic acids is 1. The van der Waals surface area contributed by atoms with E-state index in [-0.39, 0.29) is 11.5 Å². The van der Waals surface area contributed by atoms with Gasteiger partial charge in [0.05, 0.1) is 11.3 Å². The molecule has 0 atom stereocenters. The number of anilines is 1. The molecule has 5 nitrogen and oxygen atoms in total. The van der Waals surface area contributed by atoms with E-state index in [0.29, 0.717) is 18.7 Å². The Morgan fingerprint density at radius 3 is 2.87 bits per heavy atom. The molecular weight excluding hydrogens is 196 g/mol. The summed E-state index contributed by atoms with van der Waals surface area (Å²) < 4.78 is 0. The Labute approximate surface area is 86.3 Å². The van der Waals surface area contributed by atoms with Crippen molar-refractivity contribution >= 4 is 17.6 Å². The van der Waals surface area contributed by atoms with Crippen molar-refractivity contribution < 1.29 is 14.7 Å². The van der Waals surface area contributed by atoms with Gasteiger partial charge in [-0.1, -0.05) is 6.07 Å². The first-order chi connectivity index (χ1) is 7.16. The second-order valence-corrected chi connectivity index (χ2v) is 3.29. The third-order valence-electron chi connectivity index (χ3n) is 2.23. The predicted octanol–water partition coefficient (Wildman–Crippen LogP) is 0.626. The topological polar surface area (TPSA) is 69.6 Å². The molecule has 15 heavy (non-hydrogen) atoms. The van der Waals surface area contributed by atoms with Crippen LogP contribution in [0.15, 0.2) is 24.3 Å². The lowest BCUT2D eigenvalue weighted by molar-refractivity contribution is -0.119. The third kappa shape index (κ3) is 1.90. The smallest absolute Gasteiger partial charge is 0.335 e. The number of carboxylic acids is 1. The van der Waals surface area contributed by atoms with E-state index < -0.39 is 5.97 Å². The van der Waals surface area contributed by atoms with Gasteiger partial charge >= 0.3 is 5.97 Å². The van der Waals surface area contributed by atoms with E-state index in [4.69, 9.17) is 5.11 Å². The fraction of sp³-hybridized carbons (Fsp3) is 0.200. The predicted molar refractivity (Wildman–Crippen MR) is 53.5 cm³/mol. The molecule has 0 aliphatic carbocycles. The number of carboxylic acid groups (broad SMARTS) is 1. The van der Waals surface area contributed by atoms with E-state index >= 15 is 0 Å². The molecule has 0 bridgehead atoms. The van der Waals surface area contributed by atoms with Crippen LogP contribution in [0.1, 0.15) is 16.8 Å². The summed E-state index contributed by atoms with van der Waals surface area (Å²) in [7, 11) is 0. The molecule has 1 aromatic rings. The number of hydrazine groups is 1. The highest BCUT2D eigenvalue weighted by Crippen LogP contribution is 2.17. The maximum Gasteiger partial charge on any atom is 0.335 e. The molecule has 1 fully saturated rings. The maximum atomic E-state index is 11.0. The van der Waals surface area contributed by atoms with Gasteiger partial charge in [0.1, 0.15) is 0 Å². The molecule has 1 aliphatic heterocycles. The highest BCUT2D eigenvalue weighted by Gasteiger charge is 2.19. The van der Waals surface area contributed by atoms with Gasteiger partial charge < -0.3 is 5.11 Å². The van der Waals surface area contributed by atoms with Gasteiger partial charge in [-0.2, -0.15) is 0 Å². The Balaban J connectivity index is 2.25. The van der Waals surface area contributed by atoms with Crippen molar-refractivity contribution in [2.24, 2.45) is 0 Å². The highest BCUT2D eigenvalue weighted by atomic mass is 16.4. The van der Waals surface area contributed by atoms with Gasteiger partial charge in [0.25, 0.3) is 0 Å². The Bertz CT molecular complexity index is 417. The maximum absolute atomic E-state index is 11.0. The first-order valence-electron chi connectivity index (χ1n) is 4.57.